The van der Waals surface area contributed by atoms with Gasteiger partial charge in [0.05, 0.1) is 16.3 Å². The summed E-state index contributed by atoms with van der Waals surface area (Å²) in [5.41, 5.74) is 6.85. The maximum atomic E-state index is 13.0. The molecule has 0 amide bonds. The molecule has 4 nitrogen and oxygen atoms in total. The standard InChI is InChI=1S/C22H21N3OS/c1-13-9-10-18(15(3)11-13)19-21-20(23-16(4)27-21)22(26)25(24-19)12-17-8-6-5-7-14(17)2/h5-11H,12H2,1-4H3. The molecule has 2 aromatic carbocycles. The van der Waals surface area contributed by atoms with Crippen LogP contribution in [0.15, 0.2) is 47.3 Å². The van der Waals surface area contributed by atoms with Gasteiger partial charge in [-0.3, -0.25) is 4.79 Å². The summed E-state index contributed by atoms with van der Waals surface area (Å²) in [6.45, 7) is 8.59. The Morgan fingerprint density at radius 3 is 2.52 bits per heavy atom. The minimum Gasteiger partial charge on any atom is -0.265 e. The van der Waals surface area contributed by atoms with Crippen LogP contribution in [0.3, 0.4) is 0 Å². The zero-order chi connectivity index (χ0) is 19.1. The summed E-state index contributed by atoms with van der Waals surface area (Å²) < 4.78 is 2.42. The molecular formula is C22H21N3OS. The fraction of sp³-hybridized carbons (Fsp3) is 0.227. The number of hydrogen-bond donors (Lipinski definition) is 0. The molecule has 0 aliphatic rings. The van der Waals surface area contributed by atoms with E-state index >= 15 is 0 Å². The molecular weight excluding hydrogens is 354 g/mol. The van der Waals surface area contributed by atoms with E-state index in [-0.39, 0.29) is 5.56 Å². The highest BCUT2D eigenvalue weighted by Crippen LogP contribution is 2.31. The van der Waals surface area contributed by atoms with Crippen LogP contribution in [0.25, 0.3) is 21.5 Å². The van der Waals surface area contributed by atoms with Gasteiger partial charge in [-0.05, 0) is 44.4 Å². The lowest BCUT2D eigenvalue weighted by Crippen LogP contribution is -2.24. The first-order valence-electron chi connectivity index (χ1n) is 8.94. The van der Waals surface area contributed by atoms with Crippen molar-refractivity contribution >= 4 is 21.6 Å². The van der Waals surface area contributed by atoms with E-state index in [2.05, 4.69) is 50.0 Å². The maximum absolute atomic E-state index is 13.0. The number of thiazole rings is 1. The van der Waals surface area contributed by atoms with Gasteiger partial charge in [-0.25, -0.2) is 9.67 Å². The molecule has 27 heavy (non-hydrogen) atoms. The van der Waals surface area contributed by atoms with Crippen LogP contribution < -0.4 is 5.56 Å². The van der Waals surface area contributed by atoms with E-state index in [1.165, 1.54) is 16.9 Å². The second kappa shape index (κ2) is 6.74. The molecule has 0 radical (unpaired) electrons. The largest absolute Gasteiger partial charge is 0.294 e. The van der Waals surface area contributed by atoms with Crippen LogP contribution in [0, 0.1) is 27.7 Å². The van der Waals surface area contributed by atoms with Crippen molar-refractivity contribution in [1.82, 2.24) is 14.8 Å². The predicted octanol–water partition coefficient (Wildman–Crippen LogP) is 4.80. The molecule has 136 valence electrons. The third-order valence-electron chi connectivity index (χ3n) is 4.83. The van der Waals surface area contributed by atoms with Gasteiger partial charge in [-0.2, -0.15) is 5.10 Å². The number of rotatable bonds is 3. The quantitative estimate of drug-likeness (QED) is 0.517. The Hall–Kier alpha value is -2.79. The van der Waals surface area contributed by atoms with Crippen molar-refractivity contribution in [3.8, 4) is 11.3 Å². The molecule has 4 aromatic rings. The monoisotopic (exact) mass is 375 g/mol. The average molecular weight is 375 g/mol. The molecule has 0 aliphatic heterocycles. The van der Waals surface area contributed by atoms with Gasteiger partial charge < -0.3 is 0 Å². The SMILES string of the molecule is Cc1ccc(-c2nn(Cc3ccccc3C)c(=O)c3nc(C)sc23)c(C)c1. The van der Waals surface area contributed by atoms with E-state index < -0.39 is 0 Å². The van der Waals surface area contributed by atoms with E-state index in [1.54, 1.807) is 4.68 Å². The molecule has 0 spiro atoms. The molecule has 0 fully saturated rings. The number of fused-ring (bicyclic) bond motifs is 1. The molecule has 2 heterocycles. The average Bonchev–Trinajstić information content (AvgIpc) is 3.02. The summed E-state index contributed by atoms with van der Waals surface area (Å²) in [7, 11) is 0. The first-order valence-corrected chi connectivity index (χ1v) is 9.76. The third kappa shape index (κ3) is 3.19. The normalized spacial score (nSPS) is 11.3. The van der Waals surface area contributed by atoms with Crippen molar-refractivity contribution in [2.24, 2.45) is 0 Å². The van der Waals surface area contributed by atoms with E-state index in [0.717, 1.165) is 37.7 Å². The van der Waals surface area contributed by atoms with Gasteiger partial charge in [0.25, 0.3) is 5.56 Å². The van der Waals surface area contributed by atoms with Crippen molar-refractivity contribution in [1.29, 1.82) is 0 Å². The second-order valence-corrected chi connectivity index (χ2v) is 8.17. The topological polar surface area (TPSA) is 47.8 Å². The van der Waals surface area contributed by atoms with Crippen molar-refractivity contribution in [3.63, 3.8) is 0 Å². The molecule has 0 aliphatic carbocycles. The molecule has 2 aromatic heterocycles. The van der Waals surface area contributed by atoms with Crippen LogP contribution in [0.1, 0.15) is 27.3 Å². The zero-order valence-corrected chi connectivity index (χ0v) is 16.7. The fourth-order valence-electron chi connectivity index (χ4n) is 3.38. The highest BCUT2D eigenvalue weighted by Gasteiger charge is 2.18. The van der Waals surface area contributed by atoms with Crippen molar-refractivity contribution in [2.45, 2.75) is 34.2 Å². The van der Waals surface area contributed by atoms with Gasteiger partial charge in [0.15, 0.2) is 5.52 Å². The van der Waals surface area contributed by atoms with Crippen molar-refractivity contribution < 1.29 is 0 Å². The summed E-state index contributed by atoms with van der Waals surface area (Å²) in [4.78, 5) is 17.5. The molecule has 5 heteroatoms. The zero-order valence-electron chi connectivity index (χ0n) is 15.9. The Kier molecular flexibility index (Phi) is 4.40. The highest BCUT2D eigenvalue weighted by molar-refractivity contribution is 7.19. The highest BCUT2D eigenvalue weighted by atomic mass is 32.1. The minimum atomic E-state index is -0.133. The van der Waals surface area contributed by atoms with E-state index in [0.29, 0.717) is 12.1 Å². The lowest BCUT2D eigenvalue weighted by molar-refractivity contribution is 0.647. The number of nitrogens with zero attached hydrogens (tertiary/aromatic N) is 3. The number of benzene rings is 2. The van der Waals surface area contributed by atoms with Crippen LogP contribution in [-0.2, 0) is 6.54 Å². The molecule has 4 rings (SSSR count). The molecule has 0 atom stereocenters. The van der Waals surface area contributed by atoms with Gasteiger partial charge in [0.2, 0.25) is 0 Å². The summed E-state index contributed by atoms with van der Waals surface area (Å²) in [6.07, 6.45) is 0. The minimum absolute atomic E-state index is 0.133. The summed E-state index contributed by atoms with van der Waals surface area (Å²) in [6, 6.07) is 14.4. The predicted molar refractivity (Wildman–Crippen MR) is 112 cm³/mol. The Balaban J connectivity index is 1.97. The van der Waals surface area contributed by atoms with Gasteiger partial charge in [0.1, 0.15) is 5.69 Å². The van der Waals surface area contributed by atoms with E-state index in [4.69, 9.17) is 5.10 Å². The fourth-order valence-corrected chi connectivity index (χ4v) is 4.29. The molecule has 0 saturated carbocycles. The lowest BCUT2D eigenvalue weighted by atomic mass is 10.0. The summed E-state index contributed by atoms with van der Waals surface area (Å²) in [5.74, 6) is 0. The Labute approximate surface area is 162 Å². The molecule has 0 N–H and O–H groups in total. The van der Waals surface area contributed by atoms with Crippen LogP contribution in [-0.4, -0.2) is 14.8 Å². The van der Waals surface area contributed by atoms with E-state index in [9.17, 15) is 4.79 Å². The summed E-state index contributed by atoms with van der Waals surface area (Å²) >= 11 is 1.53. The van der Waals surface area contributed by atoms with Crippen LogP contribution in [0.4, 0.5) is 0 Å². The van der Waals surface area contributed by atoms with Crippen LogP contribution in [0.2, 0.25) is 0 Å². The Bertz CT molecular complexity index is 1220. The molecule has 0 saturated heterocycles. The van der Waals surface area contributed by atoms with Crippen LogP contribution in [0.5, 0.6) is 0 Å². The maximum Gasteiger partial charge on any atom is 0.294 e. The number of hydrogen-bond acceptors (Lipinski definition) is 4. The first kappa shape index (κ1) is 17.6. The van der Waals surface area contributed by atoms with Crippen molar-refractivity contribution in [2.75, 3.05) is 0 Å². The van der Waals surface area contributed by atoms with E-state index in [1.807, 2.05) is 25.1 Å². The van der Waals surface area contributed by atoms with Gasteiger partial charge in [0, 0.05) is 5.56 Å². The number of aromatic nitrogens is 3. The van der Waals surface area contributed by atoms with Gasteiger partial charge in [-0.1, -0.05) is 48.0 Å². The second-order valence-electron chi connectivity index (χ2n) is 6.97. The Morgan fingerprint density at radius 2 is 1.78 bits per heavy atom. The van der Waals surface area contributed by atoms with Gasteiger partial charge >= 0.3 is 0 Å². The molecule has 0 unspecified atom stereocenters. The van der Waals surface area contributed by atoms with Crippen LogP contribution >= 0.6 is 11.3 Å². The number of aryl methyl sites for hydroxylation is 4. The molecule has 0 bridgehead atoms. The first-order chi connectivity index (χ1) is 12.9. The van der Waals surface area contributed by atoms with Gasteiger partial charge in [-0.15, -0.1) is 11.3 Å². The smallest absolute Gasteiger partial charge is 0.265 e. The Morgan fingerprint density at radius 1 is 1.00 bits per heavy atom. The lowest BCUT2D eigenvalue weighted by Gasteiger charge is -2.12. The third-order valence-corrected chi connectivity index (χ3v) is 5.80. The van der Waals surface area contributed by atoms with Crippen molar-refractivity contribution in [3.05, 3.63) is 80.1 Å². The summed E-state index contributed by atoms with van der Waals surface area (Å²) in [5, 5.41) is 5.66.